The van der Waals surface area contributed by atoms with Gasteiger partial charge in [0.15, 0.2) is 0 Å². The van der Waals surface area contributed by atoms with Crippen molar-refractivity contribution < 1.29 is 48.3 Å². The Labute approximate surface area is 112 Å². The maximum atomic E-state index is 13.3. The predicted molar refractivity (Wildman–Crippen MR) is 49.9 cm³/mol. The molecule has 0 heterocycles. The zero-order chi connectivity index (χ0) is 17.3. The second-order valence-electron chi connectivity index (χ2n) is 4.36. The van der Waals surface area contributed by atoms with Crippen molar-refractivity contribution in [3.05, 3.63) is 0 Å². The van der Waals surface area contributed by atoms with Crippen molar-refractivity contribution >= 4 is 0 Å². The predicted octanol–water partition coefficient (Wildman–Crippen LogP) is 5.53. The van der Waals surface area contributed by atoms with Crippen LogP contribution in [0.4, 0.5) is 48.3 Å². The van der Waals surface area contributed by atoms with Gasteiger partial charge in [-0.25, -0.2) is 8.78 Å². The molecular weight excluding hydrogens is 329 g/mol. The fourth-order valence-electron chi connectivity index (χ4n) is 1.54. The van der Waals surface area contributed by atoms with Gasteiger partial charge in [0.25, 0.3) is 0 Å². The Morgan fingerprint density at radius 1 is 0.762 bits per heavy atom. The standard InChI is InChI=1S/C10H11F11/c1-2-3-4-5(9(17,18)19)7(13,14)10(20,21)8(15,16)6(11)12/h5-6H,2-4H2,1H3. The van der Waals surface area contributed by atoms with Crippen molar-refractivity contribution in [3.8, 4) is 0 Å². The van der Waals surface area contributed by atoms with Crippen molar-refractivity contribution in [2.45, 2.75) is 56.6 Å². The van der Waals surface area contributed by atoms with E-state index in [9.17, 15) is 48.3 Å². The van der Waals surface area contributed by atoms with Gasteiger partial charge in [-0.15, -0.1) is 0 Å². The molecule has 0 aliphatic carbocycles. The van der Waals surface area contributed by atoms with Crippen LogP contribution in [-0.4, -0.2) is 30.4 Å². The van der Waals surface area contributed by atoms with Gasteiger partial charge in [0.05, 0.1) is 0 Å². The quantitative estimate of drug-likeness (QED) is 0.535. The van der Waals surface area contributed by atoms with E-state index in [-0.39, 0.29) is 6.42 Å². The SMILES string of the molecule is CCCCC(C(F)(F)F)C(F)(F)C(F)(F)C(F)(F)C(F)F. The molecule has 1 unspecified atom stereocenters. The highest BCUT2D eigenvalue weighted by molar-refractivity contribution is 5.02. The maximum Gasteiger partial charge on any atom is 0.397 e. The third-order valence-electron chi connectivity index (χ3n) is 2.79. The minimum absolute atomic E-state index is 0.112. The molecule has 0 aromatic heterocycles. The topological polar surface area (TPSA) is 0 Å². The van der Waals surface area contributed by atoms with Crippen LogP contribution < -0.4 is 0 Å². The number of rotatable bonds is 7. The van der Waals surface area contributed by atoms with Crippen LogP contribution in [0.5, 0.6) is 0 Å². The van der Waals surface area contributed by atoms with Crippen molar-refractivity contribution in [2.75, 3.05) is 0 Å². The number of alkyl halides is 11. The molecule has 0 radical (unpaired) electrons. The highest BCUT2D eigenvalue weighted by atomic mass is 19.4. The maximum absolute atomic E-state index is 13.3. The fraction of sp³-hybridized carbons (Fsp3) is 1.00. The Kier molecular flexibility index (Phi) is 5.93. The Balaban J connectivity index is 5.76. The molecule has 0 nitrogen and oxygen atoms in total. The molecule has 0 aliphatic rings. The summed E-state index contributed by atoms with van der Waals surface area (Å²) < 4.78 is 138. The molecule has 0 aliphatic heterocycles. The molecular formula is C10H11F11. The second kappa shape index (κ2) is 6.15. The molecule has 128 valence electrons. The molecule has 1 atom stereocenters. The highest BCUT2D eigenvalue weighted by Gasteiger charge is 2.79. The van der Waals surface area contributed by atoms with Crippen LogP contribution in [-0.2, 0) is 0 Å². The largest absolute Gasteiger partial charge is 0.397 e. The van der Waals surface area contributed by atoms with Crippen LogP contribution in [0.1, 0.15) is 26.2 Å². The van der Waals surface area contributed by atoms with E-state index in [1.807, 2.05) is 0 Å². The molecule has 0 fully saturated rings. The Hall–Kier alpha value is -0.770. The first kappa shape index (κ1) is 20.2. The number of unbranched alkanes of at least 4 members (excludes halogenated alkanes) is 1. The Morgan fingerprint density at radius 2 is 1.19 bits per heavy atom. The van der Waals surface area contributed by atoms with Crippen LogP contribution in [0, 0.1) is 5.92 Å². The number of hydrogen-bond acceptors (Lipinski definition) is 0. The zero-order valence-corrected chi connectivity index (χ0v) is 10.4. The fourth-order valence-corrected chi connectivity index (χ4v) is 1.54. The summed E-state index contributed by atoms with van der Waals surface area (Å²) >= 11 is 0. The summed E-state index contributed by atoms with van der Waals surface area (Å²) in [5.41, 5.74) is 0. The van der Waals surface area contributed by atoms with E-state index in [0.717, 1.165) is 0 Å². The van der Waals surface area contributed by atoms with E-state index in [1.54, 1.807) is 0 Å². The molecule has 0 amide bonds. The molecule has 0 saturated heterocycles. The summed E-state index contributed by atoms with van der Waals surface area (Å²) in [6, 6.07) is 0. The van der Waals surface area contributed by atoms with Gasteiger partial charge in [-0.2, -0.15) is 39.5 Å². The third kappa shape index (κ3) is 3.71. The van der Waals surface area contributed by atoms with Crippen molar-refractivity contribution in [3.63, 3.8) is 0 Å². The van der Waals surface area contributed by atoms with E-state index in [0.29, 0.717) is 0 Å². The van der Waals surface area contributed by atoms with Crippen LogP contribution >= 0.6 is 0 Å². The van der Waals surface area contributed by atoms with Crippen molar-refractivity contribution in [1.82, 2.24) is 0 Å². The first-order valence-electron chi connectivity index (χ1n) is 5.62. The average molecular weight is 340 g/mol. The summed E-state index contributed by atoms with van der Waals surface area (Å²) in [6.45, 7) is 1.25. The van der Waals surface area contributed by atoms with Crippen LogP contribution in [0.2, 0.25) is 0 Å². The second-order valence-corrected chi connectivity index (χ2v) is 4.36. The summed E-state index contributed by atoms with van der Waals surface area (Å²) in [5.74, 6) is -24.0. The molecule has 21 heavy (non-hydrogen) atoms. The summed E-state index contributed by atoms with van der Waals surface area (Å²) in [5, 5.41) is 0. The van der Waals surface area contributed by atoms with Crippen LogP contribution in [0.3, 0.4) is 0 Å². The Bertz CT molecular complexity index is 330. The molecule has 0 aromatic rings. The molecule has 0 bridgehead atoms. The molecule has 0 saturated carbocycles. The first-order valence-corrected chi connectivity index (χ1v) is 5.62. The van der Waals surface area contributed by atoms with Gasteiger partial charge in [0.1, 0.15) is 5.92 Å². The summed E-state index contributed by atoms with van der Waals surface area (Å²) in [4.78, 5) is 0. The third-order valence-corrected chi connectivity index (χ3v) is 2.79. The number of halogens is 11. The van der Waals surface area contributed by atoms with E-state index in [4.69, 9.17) is 0 Å². The molecule has 0 N–H and O–H groups in total. The van der Waals surface area contributed by atoms with Gasteiger partial charge in [-0.05, 0) is 6.42 Å². The van der Waals surface area contributed by atoms with Gasteiger partial charge in [0, 0.05) is 0 Å². The van der Waals surface area contributed by atoms with Gasteiger partial charge in [0.2, 0.25) is 0 Å². The lowest BCUT2D eigenvalue weighted by Crippen LogP contribution is -2.62. The van der Waals surface area contributed by atoms with E-state index in [2.05, 4.69) is 0 Å². The van der Waals surface area contributed by atoms with E-state index >= 15 is 0 Å². The zero-order valence-electron chi connectivity index (χ0n) is 10.4. The summed E-state index contributed by atoms with van der Waals surface area (Å²) in [7, 11) is 0. The van der Waals surface area contributed by atoms with Gasteiger partial charge < -0.3 is 0 Å². The minimum Gasteiger partial charge on any atom is -0.203 e. The van der Waals surface area contributed by atoms with E-state index < -0.39 is 49.1 Å². The average Bonchev–Trinajstić information content (AvgIpc) is 2.26. The van der Waals surface area contributed by atoms with Crippen LogP contribution in [0.15, 0.2) is 0 Å². The minimum atomic E-state index is -6.85. The highest BCUT2D eigenvalue weighted by Crippen LogP contribution is 2.55. The van der Waals surface area contributed by atoms with Gasteiger partial charge in [-0.3, -0.25) is 0 Å². The summed E-state index contributed by atoms with van der Waals surface area (Å²) in [6.07, 6.45) is -13.5. The van der Waals surface area contributed by atoms with Crippen molar-refractivity contribution in [2.24, 2.45) is 5.92 Å². The lowest BCUT2D eigenvalue weighted by molar-refractivity contribution is -0.375. The smallest absolute Gasteiger partial charge is 0.203 e. The number of hydrogen-bond donors (Lipinski definition) is 0. The normalized spacial score (nSPS) is 16.4. The molecule has 0 spiro atoms. The Morgan fingerprint density at radius 3 is 1.48 bits per heavy atom. The van der Waals surface area contributed by atoms with Crippen LogP contribution in [0.25, 0.3) is 0 Å². The van der Waals surface area contributed by atoms with Crippen molar-refractivity contribution in [1.29, 1.82) is 0 Å². The molecule has 0 aromatic carbocycles. The lowest BCUT2D eigenvalue weighted by atomic mass is 9.87. The van der Waals surface area contributed by atoms with E-state index in [1.165, 1.54) is 6.92 Å². The van der Waals surface area contributed by atoms with Gasteiger partial charge in [-0.1, -0.05) is 19.8 Å². The van der Waals surface area contributed by atoms with Gasteiger partial charge >= 0.3 is 30.4 Å². The monoisotopic (exact) mass is 340 g/mol. The lowest BCUT2D eigenvalue weighted by Gasteiger charge is -2.37. The first-order chi connectivity index (χ1) is 9.14. The molecule has 11 heteroatoms. The molecule has 0 rings (SSSR count).